The van der Waals surface area contributed by atoms with Crippen molar-refractivity contribution in [3.63, 3.8) is 0 Å². The Hall–Kier alpha value is -1.24. The van der Waals surface area contributed by atoms with Crippen molar-refractivity contribution in [2.45, 2.75) is 33.1 Å². The lowest BCUT2D eigenvalue weighted by Gasteiger charge is -2.19. The molecule has 0 saturated carbocycles. The minimum atomic E-state index is -0.305. The van der Waals surface area contributed by atoms with E-state index >= 15 is 0 Å². The van der Waals surface area contributed by atoms with Gasteiger partial charge in [0.15, 0.2) is 0 Å². The number of aryl methyl sites for hydroxylation is 1. The zero-order valence-corrected chi connectivity index (χ0v) is 14.0. The summed E-state index contributed by atoms with van der Waals surface area (Å²) < 4.78 is 14.2. The van der Waals surface area contributed by atoms with Gasteiger partial charge >= 0.3 is 0 Å². The maximum absolute atomic E-state index is 13.7. The van der Waals surface area contributed by atoms with Crippen molar-refractivity contribution in [2.75, 3.05) is 0 Å². The monoisotopic (exact) mass is 386 g/mol. The number of H-pyrrole nitrogens is 1. The average Bonchev–Trinajstić information content (AvgIpc) is 2.34. The van der Waals surface area contributed by atoms with E-state index in [0.717, 1.165) is 5.69 Å². The number of aromatic nitrogens is 2. The molecule has 1 aromatic carbocycles. The highest BCUT2D eigenvalue weighted by Crippen LogP contribution is 2.25. The van der Waals surface area contributed by atoms with Crippen LogP contribution in [0.3, 0.4) is 0 Å². The van der Waals surface area contributed by atoms with Gasteiger partial charge in [-0.3, -0.25) is 4.79 Å². The van der Waals surface area contributed by atoms with Crippen molar-refractivity contribution in [3.8, 4) is 11.4 Å². The van der Waals surface area contributed by atoms with Gasteiger partial charge in [0.05, 0.1) is 5.69 Å². The third-order valence-electron chi connectivity index (χ3n) is 3.02. The Bertz CT molecular complexity index is 717. The lowest BCUT2D eigenvalue weighted by molar-refractivity contribution is 0.562. The predicted molar refractivity (Wildman–Crippen MR) is 86.4 cm³/mol. The Labute approximate surface area is 130 Å². The fraction of sp³-hybridized carbons (Fsp3) is 0.333. The van der Waals surface area contributed by atoms with Gasteiger partial charge in [-0.2, -0.15) is 0 Å². The van der Waals surface area contributed by atoms with Gasteiger partial charge in [0.25, 0.3) is 5.56 Å². The van der Waals surface area contributed by atoms with Crippen LogP contribution in [0.1, 0.15) is 32.0 Å². The van der Waals surface area contributed by atoms with Gasteiger partial charge in [-0.25, -0.2) is 9.37 Å². The van der Waals surface area contributed by atoms with Crippen molar-refractivity contribution in [1.82, 2.24) is 9.97 Å². The minimum absolute atomic E-state index is 0.193. The molecule has 1 aromatic heterocycles. The summed E-state index contributed by atoms with van der Waals surface area (Å²) in [6.07, 6.45) is 0. The van der Waals surface area contributed by atoms with Crippen LogP contribution in [0.15, 0.2) is 23.0 Å². The van der Waals surface area contributed by atoms with E-state index in [1.165, 1.54) is 6.07 Å². The summed E-state index contributed by atoms with van der Waals surface area (Å²) >= 11 is 2.00. The van der Waals surface area contributed by atoms with Crippen LogP contribution in [0.5, 0.6) is 0 Å². The molecule has 0 atom stereocenters. The minimum Gasteiger partial charge on any atom is -0.306 e. The van der Waals surface area contributed by atoms with E-state index in [-0.39, 0.29) is 16.8 Å². The molecule has 0 aliphatic carbocycles. The number of hydrogen-bond donors (Lipinski definition) is 1. The van der Waals surface area contributed by atoms with Gasteiger partial charge in [-0.1, -0.05) is 32.9 Å². The molecular formula is C15H16FIN2O. The zero-order valence-electron chi connectivity index (χ0n) is 11.8. The number of halogens is 2. The molecule has 0 spiro atoms. The molecule has 0 radical (unpaired) electrons. The highest BCUT2D eigenvalue weighted by atomic mass is 127. The van der Waals surface area contributed by atoms with Crippen molar-refractivity contribution in [1.29, 1.82) is 0 Å². The second-order valence-corrected chi connectivity index (χ2v) is 6.87. The number of nitrogens with one attached hydrogen (secondary N) is 1. The fourth-order valence-electron chi connectivity index (χ4n) is 1.83. The van der Waals surface area contributed by atoms with Gasteiger partial charge in [-0.15, -0.1) is 0 Å². The molecule has 1 heterocycles. The first-order chi connectivity index (χ1) is 9.20. The van der Waals surface area contributed by atoms with Crippen LogP contribution < -0.4 is 5.56 Å². The smallest absolute Gasteiger partial charge is 0.264 e. The fourth-order valence-corrected chi connectivity index (χ4v) is 2.90. The Morgan fingerprint density at radius 3 is 2.50 bits per heavy atom. The van der Waals surface area contributed by atoms with E-state index in [1.54, 1.807) is 19.1 Å². The molecule has 0 bridgehead atoms. The first-order valence-corrected chi connectivity index (χ1v) is 7.35. The molecule has 2 aromatic rings. The molecule has 0 amide bonds. The summed E-state index contributed by atoms with van der Waals surface area (Å²) in [6.45, 7) is 7.69. The van der Waals surface area contributed by atoms with Crippen molar-refractivity contribution < 1.29 is 4.39 Å². The molecule has 20 heavy (non-hydrogen) atoms. The van der Waals surface area contributed by atoms with Gasteiger partial charge in [0, 0.05) is 11.0 Å². The summed E-state index contributed by atoms with van der Waals surface area (Å²) in [4.78, 5) is 19.3. The predicted octanol–water partition coefficient (Wildman–Crippen LogP) is 3.79. The van der Waals surface area contributed by atoms with Crippen molar-refractivity contribution in [3.05, 3.63) is 49.2 Å². The Morgan fingerprint density at radius 2 is 1.95 bits per heavy atom. The first-order valence-electron chi connectivity index (χ1n) is 6.27. The molecular weight excluding hydrogens is 370 g/mol. The van der Waals surface area contributed by atoms with Gasteiger partial charge < -0.3 is 4.98 Å². The van der Waals surface area contributed by atoms with Crippen LogP contribution >= 0.6 is 22.6 Å². The molecule has 0 unspecified atom stereocenters. The number of rotatable bonds is 1. The van der Waals surface area contributed by atoms with Crippen molar-refractivity contribution >= 4 is 22.6 Å². The van der Waals surface area contributed by atoms with Crippen LogP contribution in [0.2, 0.25) is 0 Å². The van der Waals surface area contributed by atoms with Crippen LogP contribution in [-0.4, -0.2) is 9.97 Å². The molecule has 2 rings (SSSR count). The number of hydrogen-bond acceptors (Lipinski definition) is 2. The van der Waals surface area contributed by atoms with Gasteiger partial charge in [-0.05, 0) is 41.1 Å². The highest BCUT2D eigenvalue weighted by Gasteiger charge is 2.22. The van der Waals surface area contributed by atoms with E-state index in [4.69, 9.17) is 0 Å². The number of nitrogens with zero attached hydrogens (tertiary/aromatic N) is 1. The van der Waals surface area contributed by atoms with Crippen LogP contribution in [0.25, 0.3) is 11.4 Å². The van der Waals surface area contributed by atoms with E-state index in [2.05, 4.69) is 9.97 Å². The molecule has 0 aliphatic rings. The highest BCUT2D eigenvalue weighted by molar-refractivity contribution is 14.1. The standard InChI is InChI=1S/C15H16FIN2O/c1-8-5-6-9(7-10(8)16)13-18-12(15(2,3)4)11(17)14(20)19-13/h5-7H,1-4H3,(H,18,19,20). The Balaban J connectivity index is 2.67. The molecule has 1 N–H and O–H groups in total. The summed E-state index contributed by atoms with van der Waals surface area (Å²) in [5, 5.41) is 0. The maximum atomic E-state index is 13.7. The van der Waals surface area contributed by atoms with Crippen LogP contribution in [0, 0.1) is 16.3 Å². The zero-order chi connectivity index (χ0) is 15.1. The molecule has 106 valence electrons. The first kappa shape index (κ1) is 15.2. The lowest BCUT2D eigenvalue weighted by Crippen LogP contribution is -2.24. The van der Waals surface area contributed by atoms with Gasteiger partial charge in [0.2, 0.25) is 0 Å². The largest absolute Gasteiger partial charge is 0.306 e. The number of aromatic amines is 1. The summed E-state index contributed by atoms with van der Waals surface area (Å²) in [6, 6.07) is 4.84. The Kier molecular flexibility index (Phi) is 4.00. The average molecular weight is 386 g/mol. The summed E-state index contributed by atoms with van der Waals surface area (Å²) in [5.74, 6) is 0.0975. The third kappa shape index (κ3) is 2.92. The van der Waals surface area contributed by atoms with E-state index < -0.39 is 0 Å². The maximum Gasteiger partial charge on any atom is 0.264 e. The Morgan fingerprint density at radius 1 is 1.30 bits per heavy atom. The van der Waals surface area contributed by atoms with Crippen LogP contribution in [0.4, 0.5) is 4.39 Å². The molecule has 0 aliphatic heterocycles. The van der Waals surface area contributed by atoms with E-state index in [1.807, 2.05) is 43.4 Å². The lowest BCUT2D eigenvalue weighted by atomic mass is 9.92. The van der Waals surface area contributed by atoms with E-state index in [0.29, 0.717) is 20.5 Å². The normalized spacial score (nSPS) is 11.7. The second-order valence-electron chi connectivity index (χ2n) is 5.79. The third-order valence-corrected chi connectivity index (χ3v) is 4.02. The number of benzene rings is 1. The quantitative estimate of drug-likeness (QED) is 0.759. The summed E-state index contributed by atoms with van der Waals surface area (Å²) in [5.41, 5.74) is 1.42. The van der Waals surface area contributed by atoms with Gasteiger partial charge in [0.1, 0.15) is 15.2 Å². The topological polar surface area (TPSA) is 45.8 Å². The van der Waals surface area contributed by atoms with Crippen LogP contribution in [-0.2, 0) is 5.41 Å². The molecule has 0 saturated heterocycles. The molecule has 0 fully saturated rings. The van der Waals surface area contributed by atoms with Crippen molar-refractivity contribution in [2.24, 2.45) is 0 Å². The molecule has 5 heteroatoms. The molecule has 3 nitrogen and oxygen atoms in total. The summed E-state index contributed by atoms with van der Waals surface area (Å²) in [7, 11) is 0. The SMILES string of the molecule is Cc1ccc(-c2nc(C(C)(C)C)c(I)c(=O)[nH]2)cc1F. The van der Waals surface area contributed by atoms with E-state index in [9.17, 15) is 9.18 Å². The second kappa shape index (κ2) is 5.27.